The minimum absolute atomic E-state index is 0.0103. The van der Waals surface area contributed by atoms with Crippen LogP contribution in [0.1, 0.15) is 24.0 Å². The van der Waals surface area contributed by atoms with Crippen LogP contribution in [0.2, 0.25) is 0 Å². The maximum atomic E-state index is 12.7. The van der Waals surface area contributed by atoms with Gasteiger partial charge < -0.3 is 41.7 Å². The van der Waals surface area contributed by atoms with Gasteiger partial charge in [-0.1, -0.05) is 60.7 Å². The Morgan fingerprint density at radius 2 is 0.797 bits per heavy atom. The van der Waals surface area contributed by atoms with Gasteiger partial charge in [-0.3, -0.25) is 9.11 Å². The van der Waals surface area contributed by atoms with Gasteiger partial charge in [0.2, 0.25) is 35.7 Å². The Balaban J connectivity index is 1.25. The number of para-hydroxylation sites is 2. The number of rotatable bonds is 22. The standard InChI is InChI=1S/C42H50N14O6S2/c1-55(2)25-11-23-43-37-49-39(45-31-13-7-5-8-14-31)53-41(51-37)47-33-21-19-29(35(27-33)63(57,58)59)17-18-30-20-22-34(28-36(30)64(60,61)62)48-42-52-38(44-24-12-26-56(3)4)50-40(54-42)46-32-15-9-6-10-16-32/h5-10,13-22,27-28H,11-12,23-26H2,1-4H3,(H,57,58,59)(H,60,61,62)(H3,43,45,47,49,51,53)(H3,44,46,48,50,52,54)/b18-17+. The molecule has 0 saturated heterocycles. The Morgan fingerprint density at radius 1 is 0.469 bits per heavy atom. The highest BCUT2D eigenvalue weighted by Gasteiger charge is 2.19. The fourth-order valence-corrected chi connectivity index (χ4v) is 7.43. The number of hydrogen-bond acceptors (Lipinski definition) is 18. The average Bonchev–Trinajstić information content (AvgIpc) is 3.23. The van der Waals surface area contributed by atoms with Gasteiger partial charge in [0.05, 0.1) is 0 Å². The summed E-state index contributed by atoms with van der Waals surface area (Å²) in [6, 6.07) is 26.8. The number of nitrogens with one attached hydrogen (secondary N) is 6. The molecular weight excluding hydrogens is 861 g/mol. The minimum atomic E-state index is -4.83. The molecule has 0 fully saturated rings. The summed E-state index contributed by atoms with van der Waals surface area (Å²) in [7, 11) is -1.76. The summed E-state index contributed by atoms with van der Waals surface area (Å²) in [5, 5.41) is 18.6. The molecule has 8 N–H and O–H groups in total. The van der Waals surface area contributed by atoms with Gasteiger partial charge in [0.15, 0.2) is 0 Å². The molecule has 0 radical (unpaired) electrons. The lowest BCUT2D eigenvalue weighted by Gasteiger charge is -2.14. The molecule has 0 atom stereocenters. The number of anilines is 10. The first-order valence-electron chi connectivity index (χ1n) is 20.0. The number of benzene rings is 4. The Bertz CT molecular complexity index is 2580. The molecule has 0 amide bonds. The predicted molar refractivity (Wildman–Crippen MR) is 250 cm³/mol. The van der Waals surface area contributed by atoms with E-state index < -0.39 is 30.0 Å². The van der Waals surface area contributed by atoms with Crippen molar-refractivity contribution in [3.8, 4) is 0 Å². The van der Waals surface area contributed by atoms with Gasteiger partial charge in [-0.25, -0.2) is 0 Å². The van der Waals surface area contributed by atoms with Gasteiger partial charge >= 0.3 is 0 Å². The fraction of sp³-hybridized carbons (Fsp3) is 0.238. The molecule has 0 aliphatic rings. The van der Waals surface area contributed by atoms with E-state index in [1.54, 1.807) is 0 Å². The van der Waals surface area contributed by atoms with Crippen LogP contribution in [-0.4, -0.2) is 120 Å². The Hall–Kier alpha value is -6.82. The van der Waals surface area contributed by atoms with Crippen LogP contribution in [0.4, 0.5) is 58.4 Å². The first-order chi connectivity index (χ1) is 30.6. The molecule has 336 valence electrons. The second kappa shape index (κ2) is 21.5. The second-order valence-corrected chi connectivity index (χ2v) is 17.6. The van der Waals surface area contributed by atoms with Crippen LogP contribution in [0.25, 0.3) is 12.2 Å². The predicted octanol–water partition coefficient (Wildman–Crippen LogP) is 6.42. The first-order valence-corrected chi connectivity index (χ1v) is 22.8. The quantitative estimate of drug-likeness (QED) is 0.0207. The molecular formula is C42H50N14O6S2. The number of hydrogen-bond donors (Lipinski definition) is 8. The summed E-state index contributed by atoms with van der Waals surface area (Å²) in [6.07, 6.45) is 4.22. The summed E-state index contributed by atoms with van der Waals surface area (Å²) in [5.74, 6) is 1.13. The SMILES string of the molecule is CN(C)CCCNc1nc(Nc2ccccc2)nc(Nc2ccc(/C=C/c3ccc(Nc4nc(NCCCN(C)C)nc(Nc5ccccc5)n4)cc3S(=O)(=O)O)c(S(=O)(=O)O)c2)n1. The van der Waals surface area contributed by atoms with E-state index in [1.807, 2.05) is 88.9 Å². The molecule has 6 aromatic rings. The Morgan fingerprint density at radius 3 is 1.12 bits per heavy atom. The van der Waals surface area contributed by atoms with Crippen molar-refractivity contribution in [3.63, 3.8) is 0 Å². The maximum Gasteiger partial charge on any atom is 0.295 e. The third kappa shape index (κ3) is 14.4. The lowest BCUT2D eigenvalue weighted by atomic mass is 10.1. The van der Waals surface area contributed by atoms with Gasteiger partial charge in [0.1, 0.15) is 9.79 Å². The zero-order chi connectivity index (χ0) is 45.7. The van der Waals surface area contributed by atoms with E-state index in [-0.39, 0.29) is 58.2 Å². The largest absolute Gasteiger partial charge is 0.354 e. The first kappa shape index (κ1) is 46.7. The summed E-state index contributed by atoms with van der Waals surface area (Å²) in [6.45, 7) is 2.82. The molecule has 2 heterocycles. The third-order valence-corrected chi connectivity index (χ3v) is 10.8. The van der Waals surface area contributed by atoms with E-state index in [1.165, 1.54) is 48.6 Å². The summed E-state index contributed by atoms with van der Waals surface area (Å²) >= 11 is 0. The second-order valence-electron chi connectivity index (χ2n) is 14.8. The van der Waals surface area contributed by atoms with E-state index in [0.717, 1.165) is 37.3 Å². The molecule has 0 aliphatic carbocycles. The van der Waals surface area contributed by atoms with Crippen LogP contribution >= 0.6 is 0 Å². The van der Waals surface area contributed by atoms with Crippen molar-refractivity contribution in [2.75, 3.05) is 86.3 Å². The normalized spacial score (nSPS) is 11.8. The Labute approximate surface area is 372 Å². The van der Waals surface area contributed by atoms with E-state index in [0.29, 0.717) is 13.1 Å². The number of nitrogens with zero attached hydrogens (tertiary/aromatic N) is 8. The van der Waals surface area contributed by atoms with Crippen molar-refractivity contribution in [1.82, 2.24) is 39.7 Å². The topological polar surface area (TPSA) is 265 Å². The molecule has 0 spiro atoms. The monoisotopic (exact) mass is 910 g/mol. The molecule has 64 heavy (non-hydrogen) atoms. The number of aromatic nitrogens is 6. The lowest BCUT2D eigenvalue weighted by Crippen LogP contribution is -2.17. The molecule has 20 nitrogen and oxygen atoms in total. The molecule has 0 aliphatic heterocycles. The molecule has 22 heteroatoms. The van der Waals surface area contributed by atoms with Crippen molar-refractivity contribution >= 4 is 90.8 Å². The van der Waals surface area contributed by atoms with E-state index >= 15 is 0 Å². The van der Waals surface area contributed by atoms with Crippen LogP contribution in [-0.2, 0) is 20.2 Å². The summed E-state index contributed by atoms with van der Waals surface area (Å²) in [4.78, 5) is 29.9. The Kier molecular flexibility index (Phi) is 15.7. The van der Waals surface area contributed by atoms with Crippen LogP contribution in [0.5, 0.6) is 0 Å². The molecule has 0 unspecified atom stereocenters. The van der Waals surface area contributed by atoms with Crippen LogP contribution in [0.15, 0.2) is 107 Å². The molecule has 4 aromatic carbocycles. The highest BCUT2D eigenvalue weighted by Crippen LogP contribution is 2.29. The molecule has 0 saturated carbocycles. The van der Waals surface area contributed by atoms with Crippen molar-refractivity contribution in [1.29, 1.82) is 0 Å². The van der Waals surface area contributed by atoms with Gasteiger partial charge in [-0.2, -0.15) is 46.7 Å². The van der Waals surface area contributed by atoms with E-state index in [2.05, 4.69) is 71.6 Å². The van der Waals surface area contributed by atoms with Crippen molar-refractivity contribution in [2.24, 2.45) is 0 Å². The van der Waals surface area contributed by atoms with Crippen molar-refractivity contribution in [3.05, 3.63) is 108 Å². The molecule has 0 bridgehead atoms. The molecule has 6 rings (SSSR count). The average molecular weight is 911 g/mol. The van der Waals surface area contributed by atoms with Crippen molar-refractivity contribution in [2.45, 2.75) is 22.6 Å². The fourth-order valence-electron chi connectivity index (χ4n) is 6.01. The van der Waals surface area contributed by atoms with Gasteiger partial charge in [-0.05, 0) is 114 Å². The summed E-state index contributed by atoms with van der Waals surface area (Å²) in [5.41, 5.74) is 1.90. The summed E-state index contributed by atoms with van der Waals surface area (Å²) < 4.78 is 71.5. The van der Waals surface area contributed by atoms with E-state index in [9.17, 15) is 25.9 Å². The van der Waals surface area contributed by atoms with Crippen LogP contribution < -0.4 is 31.9 Å². The van der Waals surface area contributed by atoms with Crippen LogP contribution in [0, 0.1) is 0 Å². The molecule has 2 aromatic heterocycles. The third-order valence-electron chi connectivity index (χ3n) is 9.00. The van der Waals surface area contributed by atoms with Gasteiger partial charge in [0, 0.05) is 35.8 Å². The van der Waals surface area contributed by atoms with Gasteiger partial charge in [-0.15, -0.1) is 0 Å². The zero-order valence-electron chi connectivity index (χ0n) is 35.6. The zero-order valence-corrected chi connectivity index (χ0v) is 37.2. The maximum absolute atomic E-state index is 12.7. The highest BCUT2D eigenvalue weighted by molar-refractivity contribution is 7.86. The minimum Gasteiger partial charge on any atom is -0.354 e. The van der Waals surface area contributed by atoms with Gasteiger partial charge in [0.25, 0.3) is 20.2 Å². The van der Waals surface area contributed by atoms with Crippen LogP contribution in [0.3, 0.4) is 0 Å². The highest BCUT2D eigenvalue weighted by atomic mass is 32.2. The smallest absolute Gasteiger partial charge is 0.295 e. The lowest BCUT2D eigenvalue weighted by molar-refractivity contribution is 0.405. The van der Waals surface area contributed by atoms with E-state index in [4.69, 9.17) is 0 Å². The van der Waals surface area contributed by atoms with Crippen molar-refractivity contribution < 1.29 is 25.9 Å².